The van der Waals surface area contributed by atoms with Crippen molar-refractivity contribution in [1.82, 2.24) is 14.8 Å². The first-order valence-corrected chi connectivity index (χ1v) is 8.84. The highest BCUT2D eigenvalue weighted by atomic mass is 35.5. The average Bonchev–Trinajstić information content (AvgIpc) is 2.98. The highest BCUT2D eigenvalue weighted by molar-refractivity contribution is 6.30. The van der Waals surface area contributed by atoms with Crippen LogP contribution < -0.4 is 0 Å². The van der Waals surface area contributed by atoms with Gasteiger partial charge in [-0.3, -0.25) is 9.36 Å². The number of aromatic nitrogens is 3. The van der Waals surface area contributed by atoms with E-state index >= 15 is 0 Å². The maximum atomic E-state index is 11.8. The Morgan fingerprint density at radius 1 is 1.11 bits per heavy atom. The van der Waals surface area contributed by atoms with Crippen LogP contribution in [-0.4, -0.2) is 26.4 Å². The lowest BCUT2D eigenvalue weighted by atomic mass is 10.0. The number of aryl methyl sites for hydroxylation is 1. The number of nitrogens with zero attached hydrogens (tertiary/aromatic N) is 4. The molecule has 2 aromatic carbocycles. The highest BCUT2D eigenvalue weighted by Crippen LogP contribution is 2.35. The zero-order valence-corrected chi connectivity index (χ0v) is 15.9. The number of hydrogen-bond acceptors (Lipinski definition) is 5. The van der Waals surface area contributed by atoms with E-state index in [1.54, 1.807) is 19.1 Å². The molecule has 0 amide bonds. The van der Waals surface area contributed by atoms with E-state index in [0.29, 0.717) is 22.4 Å². The third-order valence-corrected chi connectivity index (χ3v) is 4.68. The Bertz CT molecular complexity index is 1070. The van der Waals surface area contributed by atoms with Crippen molar-refractivity contribution < 1.29 is 9.53 Å². The lowest BCUT2D eigenvalue weighted by molar-refractivity contribution is -0.156. The summed E-state index contributed by atoms with van der Waals surface area (Å²) in [5, 5.41) is 9.09. The van der Waals surface area contributed by atoms with E-state index in [9.17, 15) is 4.79 Å². The molecular formula is C20H17ClN4O2. The summed E-state index contributed by atoms with van der Waals surface area (Å²) in [5.41, 5.74) is 2.00. The number of para-hydroxylation sites is 1. The molecule has 1 atom stereocenters. The predicted octanol–water partition coefficient (Wildman–Crippen LogP) is 3.82. The molecule has 0 spiro atoms. The normalized spacial score (nSPS) is 18.1. The maximum absolute atomic E-state index is 11.8. The van der Waals surface area contributed by atoms with Crippen molar-refractivity contribution in [3.05, 3.63) is 76.3 Å². The van der Waals surface area contributed by atoms with Crippen LogP contribution in [0.4, 0.5) is 0 Å². The Kier molecular flexibility index (Phi) is 4.08. The van der Waals surface area contributed by atoms with Crippen molar-refractivity contribution >= 4 is 23.3 Å². The van der Waals surface area contributed by atoms with E-state index in [-0.39, 0.29) is 0 Å². The Morgan fingerprint density at radius 2 is 1.81 bits per heavy atom. The lowest BCUT2D eigenvalue weighted by Gasteiger charge is -2.23. The topological polar surface area (TPSA) is 69.4 Å². The van der Waals surface area contributed by atoms with E-state index < -0.39 is 11.7 Å². The van der Waals surface area contributed by atoms with E-state index in [1.807, 2.05) is 47.9 Å². The van der Waals surface area contributed by atoms with Crippen molar-refractivity contribution in [1.29, 1.82) is 0 Å². The van der Waals surface area contributed by atoms with Crippen LogP contribution in [0.2, 0.25) is 5.02 Å². The first kappa shape index (κ1) is 17.4. The molecule has 136 valence electrons. The molecule has 0 N–H and O–H groups in total. The minimum absolute atomic E-state index is 0.449. The van der Waals surface area contributed by atoms with Crippen molar-refractivity contribution in [2.24, 2.45) is 4.99 Å². The first-order chi connectivity index (χ1) is 12.9. The number of hydrogen-bond donors (Lipinski definition) is 0. The third-order valence-electron chi connectivity index (χ3n) is 4.43. The summed E-state index contributed by atoms with van der Waals surface area (Å²) in [6, 6.07) is 15.2. The minimum atomic E-state index is -1.32. The van der Waals surface area contributed by atoms with E-state index in [0.717, 1.165) is 16.8 Å². The van der Waals surface area contributed by atoms with Gasteiger partial charge in [0.15, 0.2) is 0 Å². The molecule has 4 rings (SSSR count). The van der Waals surface area contributed by atoms with Gasteiger partial charge in [-0.1, -0.05) is 41.9 Å². The zero-order valence-electron chi connectivity index (χ0n) is 15.1. The highest BCUT2D eigenvalue weighted by Gasteiger charge is 2.40. The molecule has 1 aliphatic rings. The van der Waals surface area contributed by atoms with Crippen molar-refractivity contribution in [2.75, 3.05) is 0 Å². The summed E-state index contributed by atoms with van der Waals surface area (Å²) in [4.78, 5) is 16.7. The number of fused-ring (bicyclic) bond motifs is 3. The number of benzene rings is 2. The van der Waals surface area contributed by atoms with Gasteiger partial charge in [0.05, 0.1) is 11.4 Å². The van der Waals surface area contributed by atoms with Gasteiger partial charge < -0.3 is 4.74 Å². The van der Waals surface area contributed by atoms with Gasteiger partial charge in [-0.25, -0.2) is 4.99 Å². The van der Waals surface area contributed by atoms with E-state index in [2.05, 4.69) is 10.2 Å². The second-order valence-electron chi connectivity index (χ2n) is 6.47. The van der Waals surface area contributed by atoms with Gasteiger partial charge in [0.2, 0.25) is 5.82 Å². The molecule has 27 heavy (non-hydrogen) atoms. The number of halogens is 1. The molecule has 7 heteroatoms. The van der Waals surface area contributed by atoms with Crippen molar-refractivity contribution in [3.63, 3.8) is 0 Å². The van der Waals surface area contributed by atoms with E-state index in [4.69, 9.17) is 21.3 Å². The van der Waals surface area contributed by atoms with Crippen molar-refractivity contribution in [3.8, 4) is 5.69 Å². The van der Waals surface area contributed by atoms with Crippen molar-refractivity contribution in [2.45, 2.75) is 26.5 Å². The van der Waals surface area contributed by atoms with Crippen LogP contribution in [-0.2, 0) is 15.3 Å². The van der Waals surface area contributed by atoms with Gasteiger partial charge in [0.25, 0.3) is 5.72 Å². The lowest BCUT2D eigenvalue weighted by Crippen LogP contribution is -2.30. The molecule has 6 nitrogen and oxygen atoms in total. The minimum Gasteiger partial charge on any atom is -0.430 e. The van der Waals surface area contributed by atoms with E-state index in [1.165, 1.54) is 6.92 Å². The fourth-order valence-electron chi connectivity index (χ4n) is 3.32. The third kappa shape index (κ3) is 2.92. The van der Waals surface area contributed by atoms with Crippen LogP contribution in [0.3, 0.4) is 0 Å². The largest absolute Gasteiger partial charge is 0.430 e. The van der Waals surface area contributed by atoms with Gasteiger partial charge >= 0.3 is 5.97 Å². The smallest absolute Gasteiger partial charge is 0.305 e. The molecular weight excluding hydrogens is 364 g/mol. The van der Waals surface area contributed by atoms with Crippen LogP contribution in [0.25, 0.3) is 5.69 Å². The predicted molar refractivity (Wildman–Crippen MR) is 102 cm³/mol. The fourth-order valence-corrected chi connectivity index (χ4v) is 3.45. The summed E-state index contributed by atoms with van der Waals surface area (Å²) in [5.74, 6) is 0.685. The molecule has 2 heterocycles. The number of carbonyl (C=O) groups is 1. The molecule has 0 radical (unpaired) electrons. The maximum Gasteiger partial charge on any atom is 0.305 e. The van der Waals surface area contributed by atoms with Gasteiger partial charge in [-0.15, -0.1) is 10.2 Å². The summed E-state index contributed by atoms with van der Waals surface area (Å²) in [6.45, 7) is 4.93. The molecule has 1 aliphatic heterocycles. The summed E-state index contributed by atoms with van der Waals surface area (Å²) >= 11 is 6.05. The van der Waals surface area contributed by atoms with Crippen LogP contribution >= 0.6 is 11.6 Å². The molecule has 0 saturated heterocycles. The van der Waals surface area contributed by atoms with Crippen LogP contribution in [0, 0.1) is 6.92 Å². The number of esters is 1. The Hall–Kier alpha value is -2.99. The number of ether oxygens (including phenoxy) is 1. The number of aliphatic imine (C=N–C) groups is 1. The Morgan fingerprint density at radius 3 is 2.52 bits per heavy atom. The van der Waals surface area contributed by atoms with Crippen LogP contribution in [0.5, 0.6) is 0 Å². The SMILES string of the molecule is CC(=O)OC1(C)N=C(c2ccc(Cl)cc2)c2ccccc2-n2c(C)nnc21. The summed E-state index contributed by atoms with van der Waals surface area (Å²) in [7, 11) is 0. The van der Waals surface area contributed by atoms with Gasteiger partial charge in [-0.2, -0.15) is 0 Å². The molecule has 0 aliphatic carbocycles. The monoisotopic (exact) mass is 380 g/mol. The zero-order chi connectivity index (χ0) is 19.2. The second-order valence-corrected chi connectivity index (χ2v) is 6.90. The van der Waals surface area contributed by atoms with Gasteiger partial charge in [0.1, 0.15) is 5.82 Å². The Balaban J connectivity index is 2.06. The second kappa shape index (κ2) is 6.32. The summed E-state index contributed by atoms with van der Waals surface area (Å²) < 4.78 is 7.51. The first-order valence-electron chi connectivity index (χ1n) is 8.47. The van der Waals surface area contributed by atoms with Gasteiger partial charge in [0, 0.05) is 30.0 Å². The molecule has 1 unspecified atom stereocenters. The number of carbonyl (C=O) groups excluding carboxylic acids is 1. The number of rotatable bonds is 2. The van der Waals surface area contributed by atoms with Gasteiger partial charge in [-0.05, 0) is 25.1 Å². The Labute approximate surface area is 161 Å². The molecule has 0 saturated carbocycles. The van der Waals surface area contributed by atoms with Crippen LogP contribution in [0.15, 0.2) is 53.5 Å². The quantitative estimate of drug-likeness (QED) is 0.634. The fraction of sp³-hybridized carbons (Fsp3) is 0.200. The molecule has 1 aromatic heterocycles. The summed E-state index contributed by atoms with van der Waals surface area (Å²) in [6.07, 6.45) is 0. The molecule has 0 fully saturated rings. The van der Waals surface area contributed by atoms with Crippen LogP contribution in [0.1, 0.15) is 36.6 Å². The standard InChI is InChI=1S/C20H17ClN4O2/c1-12-23-24-19-20(3,27-13(2)26)22-18(14-8-10-15(21)11-9-14)16-6-4-5-7-17(16)25(12)19/h4-11H,1-3H3. The average molecular weight is 381 g/mol. The molecule has 3 aromatic rings. The molecule has 0 bridgehead atoms.